The van der Waals surface area contributed by atoms with Gasteiger partial charge in [-0.3, -0.25) is 4.90 Å². The minimum Gasteiger partial charge on any atom is -0.508 e. The van der Waals surface area contributed by atoms with E-state index in [1.165, 1.54) is 0 Å². The molecular formula is C33H35ClFN5O3. The fraction of sp³-hybridized carbons (Fsp3) is 0.455. The fourth-order valence-electron chi connectivity index (χ4n) is 8.34. The molecule has 0 amide bonds. The van der Waals surface area contributed by atoms with Crippen molar-refractivity contribution in [3.05, 3.63) is 53.3 Å². The lowest BCUT2D eigenvalue weighted by molar-refractivity contribution is 0.107. The van der Waals surface area contributed by atoms with Crippen molar-refractivity contribution in [2.45, 2.75) is 55.6 Å². The van der Waals surface area contributed by atoms with Crippen molar-refractivity contribution >= 4 is 39.1 Å². The van der Waals surface area contributed by atoms with Crippen molar-refractivity contribution < 1.29 is 19.3 Å². The zero-order valence-corrected chi connectivity index (χ0v) is 24.7. The van der Waals surface area contributed by atoms with Gasteiger partial charge in [0, 0.05) is 30.1 Å². The zero-order valence-electron chi connectivity index (χ0n) is 24.0. The number of hydrogen-bond acceptors (Lipinski definition) is 8. The summed E-state index contributed by atoms with van der Waals surface area (Å²) in [6.07, 6.45) is 6.10. The van der Waals surface area contributed by atoms with Crippen LogP contribution in [0.15, 0.2) is 42.5 Å². The Kier molecular flexibility index (Phi) is 6.45. The van der Waals surface area contributed by atoms with E-state index in [-0.39, 0.29) is 46.1 Å². The summed E-state index contributed by atoms with van der Waals surface area (Å²) >= 11 is 6.92. The average molecular weight is 604 g/mol. The van der Waals surface area contributed by atoms with E-state index in [1.54, 1.807) is 18.2 Å². The Morgan fingerprint density at radius 3 is 2.67 bits per heavy atom. The van der Waals surface area contributed by atoms with Crippen LogP contribution >= 0.6 is 11.6 Å². The van der Waals surface area contributed by atoms with E-state index in [4.69, 9.17) is 26.3 Å². The van der Waals surface area contributed by atoms with Gasteiger partial charge in [-0.2, -0.15) is 9.97 Å². The first-order valence-corrected chi connectivity index (χ1v) is 15.7. The summed E-state index contributed by atoms with van der Waals surface area (Å²) in [4.78, 5) is 14.3. The summed E-state index contributed by atoms with van der Waals surface area (Å²) in [6.45, 7) is 3.88. The second kappa shape index (κ2) is 10.2. The summed E-state index contributed by atoms with van der Waals surface area (Å²) in [5.74, 6) is -0.0250. The number of aromatic hydroxyl groups is 1. The third kappa shape index (κ3) is 4.19. The quantitative estimate of drug-likeness (QED) is 0.275. The van der Waals surface area contributed by atoms with Crippen LogP contribution in [0.4, 0.5) is 10.2 Å². The summed E-state index contributed by atoms with van der Waals surface area (Å²) in [6, 6.07) is 12.7. The number of phenolic OH excluding ortho intramolecular Hbond substituents is 1. The molecule has 4 fully saturated rings. The van der Waals surface area contributed by atoms with E-state index in [9.17, 15) is 10.2 Å². The van der Waals surface area contributed by atoms with Crippen molar-refractivity contribution in [3.63, 3.8) is 0 Å². The van der Waals surface area contributed by atoms with Crippen molar-refractivity contribution in [2.24, 2.45) is 0 Å². The number of halogens is 2. The molecule has 4 aliphatic rings. The molecule has 4 aromatic rings. The molecule has 0 radical (unpaired) electrons. The first kappa shape index (κ1) is 27.3. The number of rotatable bonds is 6. The van der Waals surface area contributed by atoms with Crippen molar-refractivity contribution in [1.29, 1.82) is 0 Å². The van der Waals surface area contributed by atoms with Gasteiger partial charge >= 0.3 is 6.01 Å². The van der Waals surface area contributed by atoms with E-state index in [2.05, 4.69) is 15.1 Å². The van der Waals surface area contributed by atoms with Gasteiger partial charge in [-0.05, 0) is 86.1 Å². The molecule has 4 aliphatic heterocycles. The lowest BCUT2D eigenvalue weighted by atomic mass is 9.94. The molecule has 2 unspecified atom stereocenters. The highest BCUT2D eigenvalue weighted by Crippen LogP contribution is 2.46. The summed E-state index contributed by atoms with van der Waals surface area (Å²) in [5, 5.41) is 26.9. The molecule has 224 valence electrons. The van der Waals surface area contributed by atoms with Gasteiger partial charge in [-0.1, -0.05) is 35.9 Å². The molecule has 8 rings (SSSR count). The van der Waals surface area contributed by atoms with Crippen LogP contribution in [0.5, 0.6) is 11.8 Å². The Hall–Kier alpha value is -3.24. The van der Waals surface area contributed by atoms with Crippen molar-refractivity contribution in [2.75, 3.05) is 44.3 Å². The molecule has 3 aromatic carbocycles. The molecule has 2 bridgehead atoms. The number of anilines is 1. The second-order valence-electron chi connectivity index (χ2n) is 12.8. The predicted molar refractivity (Wildman–Crippen MR) is 166 cm³/mol. The first-order chi connectivity index (χ1) is 20.9. The molecule has 10 heteroatoms. The number of hydrogen-bond donors (Lipinski definition) is 3. The number of ether oxygens (including phenoxy) is 1. The van der Waals surface area contributed by atoms with E-state index in [0.29, 0.717) is 29.9 Å². The van der Waals surface area contributed by atoms with Gasteiger partial charge in [0.05, 0.1) is 22.7 Å². The maximum absolute atomic E-state index is 16.9. The lowest BCUT2D eigenvalue weighted by Crippen LogP contribution is -2.62. The molecule has 2 atom stereocenters. The number of piperazine rings is 1. The molecule has 1 aromatic heterocycles. The third-order valence-electron chi connectivity index (χ3n) is 10.4. The number of phenols is 1. The van der Waals surface area contributed by atoms with E-state index in [0.717, 1.165) is 68.9 Å². The van der Waals surface area contributed by atoms with E-state index in [1.807, 2.05) is 24.3 Å². The number of nitrogens with zero attached hydrogens (tertiary/aromatic N) is 4. The Balaban J connectivity index is 1.32. The molecule has 3 N–H and O–H groups in total. The number of benzene rings is 3. The minimum atomic E-state index is -0.589. The SMILES string of the molecule is OCC12CCC(CNC1)N2c1nc(OCC23CCCN2CCC3)nc2c(F)c(-c3cc(O)cc4ccccc34)c(Cl)cc12. The van der Waals surface area contributed by atoms with Gasteiger partial charge in [0.25, 0.3) is 0 Å². The molecule has 0 saturated carbocycles. The van der Waals surface area contributed by atoms with Crippen LogP contribution in [-0.2, 0) is 0 Å². The topological polar surface area (TPSA) is 94.0 Å². The van der Waals surface area contributed by atoms with Crippen LogP contribution in [0.25, 0.3) is 32.8 Å². The molecular weight excluding hydrogens is 569 g/mol. The highest BCUT2D eigenvalue weighted by molar-refractivity contribution is 6.35. The van der Waals surface area contributed by atoms with Crippen LogP contribution in [0.3, 0.4) is 0 Å². The molecule has 0 aliphatic carbocycles. The van der Waals surface area contributed by atoms with Gasteiger partial charge in [-0.15, -0.1) is 0 Å². The maximum Gasteiger partial charge on any atom is 0.319 e. The molecule has 4 saturated heterocycles. The lowest BCUT2D eigenvalue weighted by Gasteiger charge is -2.45. The zero-order chi connectivity index (χ0) is 29.3. The fourth-order valence-corrected chi connectivity index (χ4v) is 8.63. The van der Waals surface area contributed by atoms with Crippen molar-refractivity contribution in [3.8, 4) is 22.9 Å². The number of aliphatic hydroxyl groups excluding tert-OH is 1. The van der Waals surface area contributed by atoms with Gasteiger partial charge < -0.3 is 25.2 Å². The van der Waals surface area contributed by atoms with Crippen LogP contribution in [0, 0.1) is 5.82 Å². The monoisotopic (exact) mass is 603 g/mol. The average Bonchev–Trinajstić information content (AvgIpc) is 3.65. The van der Waals surface area contributed by atoms with Gasteiger partial charge in [0.2, 0.25) is 0 Å². The number of fused-ring (bicyclic) bond motifs is 5. The highest BCUT2D eigenvalue weighted by Gasteiger charge is 2.50. The predicted octanol–water partition coefficient (Wildman–Crippen LogP) is 5.26. The highest BCUT2D eigenvalue weighted by atomic mass is 35.5. The smallest absolute Gasteiger partial charge is 0.319 e. The Bertz CT molecular complexity index is 1740. The molecule has 43 heavy (non-hydrogen) atoms. The number of nitrogens with one attached hydrogen (secondary N) is 1. The first-order valence-electron chi connectivity index (χ1n) is 15.3. The molecule has 0 spiro atoms. The maximum atomic E-state index is 16.9. The largest absolute Gasteiger partial charge is 0.508 e. The van der Waals surface area contributed by atoms with Gasteiger partial charge in [0.15, 0.2) is 5.82 Å². The number of aromatic nitrogens is 2. The van der Waals surface area contributed by atoms with Crippen LogP contribution in [-0.4, -0.2) is 81.6 Å². The number of aliphatic hydroxyl groups is 1. The normalized spacial score (nSPS) is 24.7. The minimum absolute atomic E-state index is 0.0240. The molecule has 8 nitrogen and oxygen atoms in total. The van der Waals surface area contributed by atoms with Crippen molar-refractivity contribution in [1.82, 2.24) is 20.2 Å². The van der Waals surface area contributed by atoms with E-state index >= 15 is 4.39 Å². The van der Waals surface area contributed by atoms with Gasteiger partial charge in [0.1, 0.15) is 23.7 Å². The summed E-state index contributed by atoms with van der Waals surface area (Å²) < 4.78 is 23.3. The summed E-state index contributed by atoms with van der Waals surface area (Å²) in [7, 11) is 0. The molecule has 5 heterocycles. The van der Waals surface area contributed by atoms with Crippen LogP contribution < -0.4 is 15.0 Å². The Labute approximate surface area is 254 Å². The Morgan fingerprint density at radius 2 is 1.86 bits per heavy atom. The van der Waals surface area contributed by atoms with Gasteiger partial charge in [-0.25, -0.2) is 4.39 Å². The third-order valence-corrected chi connectivity index (χ3v) is 10.7. The Morgan fingerprint density at radius 1 is 1.05 bits per heavy atom. The van der Waals surface area contributed by atoms with E-state index < -0.39 is 11.4 Å². The second-order valence-corrected chi connectivity index (χ2v) is 13.2. The van der Waals surface area contributed by atoms with Crippen LogP contribution in [0.2, 0.25) is 5.02 Å². The van der Waals surface area contributed by atoms with Crippen LogP contribution in [0.1, 0.15) is 38.5 Å². The summed E-state index contributed by atoms with van der Waals surface area (Å²) in [5.41, 5.74) is 0.196. The standard InChI is InChI=1S/C33H35ClFN5O3/c34-26-15-25-29(28(35)27(26)24-14-22(42)13-20-5-1-2-6-23(20)24)37-31(43-19-32-8-3-11-39(32)12-4-9-32)38-30(25)40-21-7-10-33(40,18-41)17-36-16-21/h1-2,5-6,13-15,21,36,41-42H,3-4,7-12,16-19H2.